The molecule has 0 aliphatic carbocycles. The highest BCUT2D eigenvalue weighted by atomic mass is 79.9. The summed E-state index contributed by atoms with van der Waals surface area (Å²) >= 11 is 3.37. The molecule has 0 fully saturated rings. The van der Waals surface area contributed by atoms with Gasteiger partial charge in [-0.25, -0.2) is 0 Å². The van der Waals surface area contributed by atoms with Crippen LogP contribution in [-0.2, 0) is 0 Å². The van der Waals surface area contributed by atoms with Crippen molar-refractivity contribution in [2.75, 3.05) is 0 Å². The van der Waals surface area contributed by atoms with Gasteiger partial charge in [0.2, 0.25) is 0 Å². The van der Waals surface area contributed by atoms with E-state index in [1.165, 1.54) is 0 Å². The average Bonchev–Trinajstić information content (AvgIpc) is 2.03. The van der Waals surface area contributed by atoms with Gasteiger partial charge in [0, 0.05) is 4.47 Å². The van der Waals surface area contributed by atoms with Crippen LogP contribution in [-0.4, -0.2) is 5.11 Å². The summed E-state index contributed by atoms with van der Waals surface area (Å²) in [6.45, 7) is 4.01. The van der Waals surface area contributed by atoms with E-state index in [1.807, 2.05) is 38.1 Å². The minimum absolute atomic E-state index is 0.263. The Hall–Kier alpha value is -0.340. The van der Waals surface area contributed by atoms with Gasteiger partial charge >= 0.3 is 0 Å². The first-order valence-electron chi connectivity index (χ1n) is 4.05. The number of benzene rings is 1. The van der Waals surface area contributed by atoms with Crippen molar-refractivity contribution in [1.29, 1.82) is 0 Å². The van der Waals surface area contributed by atoms with Crippen LogP contribution < -0.4 is 0 Å². The summed E-state index contributed by atoms with van der Waals surface area (Å²) < 4.78 is 1.01. The van der Waals surface area contributed by atoms with E-state index in [2.05, 4.69) is 15.9 Å². The molecule has 1 N–H and O–H groups in total. The molecule has 0 bridgehead atoms. The van der Waals surface area contributed by atoms with Gasteiger partial charge < -0.3 is 5.11 Å². The molecule has 0 aliphatic heterocycles. The van der Waals surface area contributed by atoms with Crippen molar-refractivity contribution in [3.05, 3.63) is 34.3 Å². The zero-order chi connectivity index (χ0) is 9.14. The van der Waals surface area contributed by atoms with Crippen molar-refractivity contribution in [3.63, 3.8) is 0 Å². The lowest BCUT2D eigenvalue weighted by Crippen LogP contribution is -2.04. The first-order chi connectivity index (χ1) is 5.61. The van der Waals surface area contributed by atoms with Gasteiger partial charge in [0.25, 0.3) is 0 Å². The van der Waals surface area contributed by atoms with Gasteiger partial charge in [0.15, 0.2) is 0 Å². The number of halogens is 1. The summed E-state index contributed by atoms with van der Waals surface area (Å²) in [6.07, 6.45) is -0.359. The van der Waals surface area contributed by atoms with Crippen molar-refractivity contribution in [2.45, 2.75) is 20.0 Å². The zero-order valence-electron chi connectivity index (χ0n) is 7.29. The van der Waals surface area contributed by atoms with E-state index in [0.717, 1.165) is 10.0 Å². The molecule has 0 heterocycles. The standard InChI is InChI=1S/C10H13BrO/c1-7(2)10(12)8-4-3-5-9(11)6-8/h3-7,10,12H,1-2H3. The van der Waals surface area contributed by atoms with Gasteiger partial charge in [-0.3, -0.25) is 0 Å². The topological polar surface area (TPSA) is 20.2 Å². The van der Waals surface area contributed by atoms with Gasteiger partial charge in [-0.2, -0.15) is 0 Å². The molecule has 1 aromatic carbocycles. The van der Waals surface area contributed by atoms with Gasteiger partial charge in [-0.15, -0.1) is 0 Å². The molecule has 1 aromatic rings. The highest BCUT2D eigenvalue weighted by Gasteiger charge is 2.11. The molecule has 12 heavy (non-hydrogen) atoms. The lowest BCUT2D eigenvalue weighted by Gasteiger charge is -2.14. The molecular formula is C10H13BrO. The minimum Gasteiger partial charge on any atom is -0.388 e. The number of aliphatic hydroxyl groups excluding tert-OH is 1. The molecule has 0 saturated heterocycles. The molecule has 1 atom stereocenters. The second kappa shape index (κ2) is 4.06. The Kier molecular flexibility index (Phi) is 3.29. The van der Waals surface area contributed by atoms with Crippen molar-refractivity contribution in [1.82, 2.24) is 0 Å². The van der Waals surface area contributed by atoms with E-state index in [-0.39, 0.29) is 12.0 Å². The lowest BCUT2D eigenvalue weighted by molar-refractivity contribution is 0.127. The quantitative estimate of drug-likeness (QED) is 0.825. The molecule has 0 saturated carbocycles. The molecule has 0 amide bonds. The van der Waals surface area contributed by atoms with Crippen LogP contribution in [0.5, 0.6) is 0 Å². The van der Waals surface area contributed by atoms with E-state index >= 15 is 0 Å². The Balaban J connectivity index is 2.88. The van der Waals surface area contributed by atoms with E-state index in [9.17, 15) is 5.11 Å². The van der Waals surface area contributed by atoms with Crippen LogP contribution in [0.15, 0.2) is 28.7 Å². The first-order valence-corrected chi connectivity index (χ1v) is 4.84. The maximum absolute atomic E-state index is 9.70. The number of hydrogen-bond acceptors (Lipinski definition) is 1. The first kappa shape index (κ1) is 9.75. The molecule has 0 aliphatic rings. The van der Waals surface area contributed by atoms with Gasteiger partial charge in [0.1, 0.15) is 0 Å². The maximum Gasteiger partial charge on any atom is 0.0813 e. The fourth-order valence-corrected chi connectivity index (χ4v) is 1.49. The molecule has 2 heteroatoms. The Labute approximate surface area is 81.6 Å². The zero-order valence-corrected chi connectivity index (χ0v) is 8.88. The largest absolute Gasteiger partial charge is 0.388 e. The van der Waals surface area contributed by atoms with Crippen LogP contribution in [0.2, 0.25) is 0 Å². The Morgan fingerprint density at radius 2 is 2.00 bits per heavy atom. The molecule has 1 rings (SSSR count). The van der Waals surface area contributed by atoms with Crippen molar-refractivity contribution < 1.29 is 5.11 Å². The lowest BCUT2D eigenvalue weighted by atomic mass is 10.00. The fourth-order valence-electron chi connectivity index (χ4n) is 1.08. The van der Waals surface area contributed by atoms with Gasteiger partial charge in [-0.05, 0) is 23.6 Å². The third kappa shape index (κ3) is 2.32. The summed E-state index contributed by atoms with van der Waals surface area (Å²) in [6, 6.07) is 7.78. The van der Waals surface area contributed by atoms with Crippen LogP contribution in [0, 0.1) is 5.92 Å². The Morgan fingerprint density at radius 3 is 2.50 bits per heavy atom. The molecule has 0 radical (unpaired) electrons. The summed E-state index contributed by atoms with van der Waals surface area (Å²) in [7, 11) is 0. The Morgan fingerprint density at radius 1 is 1.33 bits per heavy atom. The van der Waals surface area contributed by atoms with E-state index < -0.39 is 0 Å². The normalized spacial score (nSPS) is 13.4. The molecule has 1 nitrogen and oxygen atoms in total. The minimum atomic E-state index is -0.359. The van der Waals surface area contributed by atoms with Crippen LogP contribution in [0.1, 0.15) is 25.5 Å². The van der Waals surface area contributed by atoms with Crippen LogP contribution in [0.3, 0.4) is 0 Å². The second-order valence-corrected chi connectivity index (χ2v) is 4.16. The molecule has 1 unspecified atom stereocenters. The molecule has 66 valence electrons. The predicted molar refractivity (Wildman–Crippen MR) is 53.9 cm³/mol. The van der Waals surface area contributed by atoms with E-state index in [0.29, 0.717) is 0 Å². The maximum atomic E-state index is 9.70. The third-order valence-electron chi connectivity index (χ3n) is 1.82. The monoisotopic (exact) mass is 228 g/mol. The smallest absolute Gasteiger partial charge is 0.0813 e. The highest BCUT2D eigenvalue weighted by molar-refractivity contribution is 9.10. The average molecular weight is 229 g/mol. The summed E-state index contributed by atoms with van der Waals surface area (Å²) in [4.78, 5) is 0. The second-order valence-electron chi connectivity index (χ2n) is 3.24. The van der Waals surface area contributed by atoms with Crippen molar-refractivity contribution >= 4 is 15.9 Å². The number of aliphatic hydroxyl groups is 1. The van der Waals surface area contributed by atoms with Crippen LogP contribution in [0.4, 0.5) is 0 Å². The fraction of sp³-hybridized carbons (Fsp3) is 0.400. The van der Waals surface area contributed by atoms with E-state index in [4.69, 9.17) is 0 Å². The summed E-state index contributed by atoms with van der Waals surface area (Å²) in [5.74, 6) is 0.263. The van der Waals surface area contributed by atoms with Crippen LogP contribution in [0.25, 0.3) is 0 Å². The van der Waals surface area contributed by atoms with Crippen molar-refractivity contribution in [3.8, 4) is 0 Å². The number of hydrogen-bond donors (Lipinski definition) is 1. The number of rotatable bonds is 2. The summed E-state index contributed by atoms with van der Waals surface area (Å²) in [5, 5.41) is 9.70. The van der Waals surface area contributed by atoms with Crippen molar-refractivity contribution in [2.24, 2.45) is 5.92 Å². The van der Waals surface area contributed by atoms with E-state index in [1.54, 1.807) is 0 Å². The summed E-state index contributed by atoms with van der Waals surface area (Å²) in [5.41, 5.74) is 0.972. The SMILES string of the molecule is CC(C)C(O)c1cccc(Br)c1. The van der Waals surface area contributed by atoms with Crippen LogP contribution >= 0.6 is 15.9 Å². The third-order valence-corrected chi connectivity index (χ3v) is 2.31. The molecule has 0 spiro atoms. The predicted octanol–water partition coefficient (Wildman–Crippen LogP) is 3.14. The Bertz CT molecular complexity index is 258. The molecular weight excluding hydrogens is 216 g/mol. The molecule has 0 aromatic heterocycles. The van der Waals surface area contributed by atoms with Gasteiger partial charge in [0.05, 0.1) is 6.10 Å². The highest BCUT2D eigenvalue weighted by Crippen LogP contribution is 2.23. The van der Waals surface area contributed by atoms with Gasteiger partial charge in [-0.1, -0.05) is 41.9 Å².